The van der Waals surface area contributed by atoms with Gasteiger partial charge in [-0.1, -0.05) is 189 Å². The van der Waals surface area contributed by atoms with Crippen LogP contribution < -0.4 is 5.46 Å². The van der Waals surface area contributed by atoms with E-state index in [1.165, 1.54) is 74.8 Å². The molecular formula is C54H44BBrO2S2. The predicted molar refractivity (Wildman–Crippen MR) is 263 cm³/mol. The van der Waals surface area contributed by atoms with Crippen molar-refractivity contribution in [3.63, 3.8) is 0 Å². The number of halogens is 1. The van der Waals surface area contributed by atoms with Crippen molar-refractivity contribution in [2.45, 2.75) is 44.4 Å². The van der Waals surface area contributed by atoms with Crippen molar-refractivity contribution >= 4 is 91.5 Å². The molecule has 3 aliphatic rings. The van der Waals surface area contributed by atoms with E-state index in [0.29, 0.717) is 17.3 Å². The zero-order valence-electron chi connectivity index (χ0n) is 34.0. The SMILES string of the molecule is CC1(C)c2cc(-c3cccc4c3sc3ccccc34)ccc2C2C=CC=CC21.CC1(C)c2ccccc2-c2ccc(Br)cc21.OB(O)c1cccc2c1sc1ccccc12. The molecule has 7 aromatic carbocycles. The summed E-state index contributed by atoms with van der Waals surface area (Å²) in [6.07, 6.45) is 9.20. The molecule has 294 valence electrons. The minimum absolute atomic E-state index is 0.121. The second-order valence-electron chi connectivity index (χ2n) is 17.2. The maximum Gasteiger partial charge on any atom is 0.489 e. The highest BCUT2D eigenvalue weighted by Crippen LogP contribution is 2.54. The van der Waals surface area contributed by atoms with Gasteiger partial charge in [0.1, 0.15) is 0 Å². The summed E-state index contributed by atoms with van der Waals surface area (Å²) in [5.41, 5.74) is 12.2. The summed E-state index contributed by atoms with van der Waals surface area (Å²) >= 11 is 7.07. The van der Waals surface area contributed by atoms with Gasteiger partial charge in [-0.05, 0) is 91.0 Å². The van der Waals surface area contributed by atoms with Crippen molar-refractivity contribution in [1.29, 1.82) is 0 Å². The van der Waals surface area contributed by atoms with Gasteiger partial charge < -0.3 is 10.0 Å². The summed E-state index contributed by atoms with van der Waals surface area (Å²) in [4.78, 5) is 0. The molecule has 2 atom stereocenters. The van der Waals surface area contributed by atoms with Crippen molar-refractivity contribution in [2.75, 3.05) is 0 Å². The van der Waals surface area contributed by atoms with Gasteiger partial charge in [-0.2, -0.15) is 0 Å². The molecule has 0 amide bonds. The van der Waals surface area contributed by atoms with Crippen molar-refractivity contribution in [2.24, 2.45) is 5.92 Å². The molecule has 9 aromatic rings. The number of thiophene rings is 2. The van der Waals surface area contributed by atoms with Crippen LogP contribution in [0.15, 0.2) is 174 Å². The third kappa shape index (κ3) is 6.43. The van der Waals surface area contributed by atoms with E-state index in [4.69, 9.17) is 0 Å². The molecule has 0 saturated carbocycles. The van der Waals surface area contributed by atoms with Crippen LogP contribution in [0.3, 0.4) is 0 Å². The minimum atomic E-state index is -1.41. The van der Waals surface area contributed by atoms with Crippen LogP contribution in [0.2, 0.25) is 0 Å². The standard InChI is InChI=1S/C27H22S.C15H13Br.C12H9BO2S/c1-27(2)23-12-5-3-8-19(23)20-15-14-17(16-24(20)27)18-10-7-11-22-21-9-4-6-13-25(21)28-26(18)22;1-15(2)13-6-4-3-5-11(13)12-8-7-10(16)9-14(12)15;14-13(15)10-6-3-5-9-8-4-1-2-7-11(8)16-12(9)10/h3-16,19,23H,1-2H3;3-9H,1-2H3;1-7,14-15H. The zero-order valence-corrected chi connectivity index (χ0v) is 37.2. The molecule has 2 unspecified atom stereocenters. The van der Waals surface area contributed by atoms with E-state index in [2.05, 4.69) is 177 Å². The van der Waals surface area contributed by atoms with Crippen molar-refractivity contribution < 1.29 is 10.0 Å². The maximum absolute atomic E-state index is 9.31. The molecule has 0 bridgehead atoms. The van der Waals surface area contributed by atoms with Gasteiger partial charge in [-0.3, -0.25) is 0 Å². The van der Waals surface area contributed by atoms with Crippen molar-refractivity contribution in [3.8, 4) is 22.3 Å². The monoisotopic (exact) mass is 878 g/mol. The molecule has 2 aromatic heterocycles. The van der Waals surface area contributed by atoms with E-state index in [0.717, 1.165) is 14.6 Å². The van der Waals surface area contributed by atoms with Gasteiger partial charge in [-0.25, -0.2) is 0 Å². The first-order valence-electron chi connectivity index (χ1n) is 20.6. The summed E-state index contributed by atoms with van der Waals surface area (Å²) in [6.45, 7) is 9.40. The highest BCUT2D eigenvalue weighted by molar-refractivity contribution is 9.10. The lowest BCUT2D eigenvalue weighted by molar-refractivity contribution is 0.394. The number of hydrogen-bond acceptors (Lipinski definition) is 4. The van der Waals surface area contributed by atoms with Crippen molar-refractivity contribution in [3.05, 3.63) is 197 Å². The van der Waals surface area contributed by atoms with Crippen LogP contribution in [-0.2, 0) is 10.8 Å². The molecule has 0 radical (unpaired) electrons. The maximum atomic E-state index is 9.31. The lowest BCUT2D eigenvalue weighted by atomic mass is 9.74. The molecule has 3 aliphatic carbocycles. The summed E-state index contributed by atoms with van der Waals surface area (Å²) in [5.74, 6) is 1.08. The molecule has 60 heavy (non-hydrogen) atoms. The van der Waals surface area contributed by atoms with Gasteiger partial charge in [0.15, 0.2) is 0 Å². The van der Waals surface area contributed by atoms with E-state index in [1.807, 2.05) is 41.7 Å². The van der Waals surface area contributed by atoms with Crippen LogP contribution in [0.4, 0.5) is 0 Å². The Morgan fingerprint density at radius 1 is 0.533 bits per heavy atom. The summed E-state index contributed by atoms with van der Waals surface area (Å²) in [5, 5.41) is 23.6. The normalized spacial score (nSPS) is 17.4. The smallest absolute Gasteiger partial charge is 0.423 e. The van der Waals surface area contributed by atoms with Crippen LogP contribution in [0.1, 0.15) is 55.9 Å². The van der Waals surface area contributed by atoms with E-state index < -0.39 is 7.12 Å². The summed E-state index contributed by atoms with van der Waals surface area (Å²) in [6, 6.07) is 51.7. The van der Waals surface area contributed by atoms with E-state index in [9.17, 15) is 10.0 Å². The Morgan fingerprint density at radius 3 is 1.88 bits per heavy atom. The fourth-order valence-corrected chi connectivity index (χ4v) is 12.8. The Morgan fingerprint density at radius 2 is 1.13 bits per heavy atom. The number of fused-ring (bicyclic) bond motifs is 12. The molecule has 6 heteroatoms. The number of benzene rings is 7. The lowest BCUT2D eigenvalue weighted by Crippen LogP contribution is -2.29. The number of allylic oxidation sites excluding steroid dienone is 4. The molecule has 12 rings (SSSR count). The molecular weight excluding hydrogens is 835 g/mol. The highest BCUT2D eigenvalue weighted by atomic mass is 79.9. The number of hydrogen-bond donors (Lipinski definition) is 2. The van der Waals surface area contributed by atoms with E-state index in [-0.39, 0.29) is 10.8 Å². The highest BCUT2D eigenvalue weighted by Gasteiger charge is 2.44. The molecule has 0 aliphatic heterocycles. The molecule has 2 heterocycles. The Labute approximate surface area is 368 Å². The molecule has 0 saturated heterocycles. The fourth-order valence-electron chi connectivity index (χ4n) is 9.97. The first-order valence-corrected chi connectivity index (χ1v) is 23.0. The second-order valence-corrected chi connectivity index (χ2v) is 20.2. The van der Waals surface area contributed by atoms with Gasteiger partial charge in [0.05, 0.1) is 0 Å². The summed E-state index contributed by atoms with van der Waals surface area (Å²) in [7, 11) is -1.41. The average molecular weight is 880 g/mol. The average Bonchev–Trinajstić information content (AvgIpc) is 3.97. The number of rotatable bonds is 2. The van der Waals surface area contributed by atoms with Gasteiger partial charge in [-0.15, -0.1) is 22.7 Å². The van der Waals surface area contributed by atoms with Gasteiger partial charge in [0.2, 0.25) is 0 Å². The molecule has 0 fully saturated rings. The van der Waals surface area contributed by atoms with Gasteiger partial charge in [0, 0.05) is 50.8 Å². The van der Waals surface area contributed by atoms with Crippen LogP contribution in [-0.4, -0.2) is 17.2 Å². The zero-order chi connectivity index (χ0) is 41.3. The van der Waals surface area contributed by atoms with Gasteiger partial charge >= 0.3 is 7.12 Å². The third-order valence-corrected chi connectivity index (χ3v) is 16.0. The molecule has 0 spiro atoms. The van der Waals surface area contributed by atoms with Crippen molar-refractivity contribution in [1.82, 2.24) is 0 Å². The fraction of sp³-hybridized carbons (Fsp3) is 0.148. The quantitative estimate of drug-likeness (QED) is 0.170. The largest absolute Gasteiger partial charge is 0.489 e. The third-order valence-electron chi connectivity index (χ3n) is 13.0. The predicted octanol–water partition coefficient (Wildman–Crippen LogP) is 14.3. The Kier molecular flexibility index (Phi) is 9.85. The first-order chi connectivity index (χ1) is 29.0. The van der Waals surface area contributed by atoms with Crippen LogP contribution in [0.25, 0.3) is 62.6 Å². The van der Waals surface area contributed by atoms with Crippen LogP contribution in [0.5, 0.6) is 0 Å². The first kappa shape index (κ1) is 39.1. The second kappa shape index (κ2) is 15.1. The van der Waals surface area contributed by atoms with E-state index >= 15 is 0 Å². The van der Waals surface area contributed by atoms with E-state index in [1.54, 1.807) is 17.4 Å². The Balaban J connectivity index is 0.000000116. The minimum Gasteiger partial charge on any atom is -0.423 e. The van der Waals surface area contributed by atoms with Gasteiger partial charge in [0.25, 0.3) is 0 Å². The Hall–Kier alpha value is -5.08. The molecule has 2 nitrogen and oxygen atoms in total. The van der Waals surface area contributed by atoms with Crippen LogP contribution >= 0.6 is 38.6 Å². The lowest BCUT2D eigenvalue weighted by Gasteiger charge is -2.29. The topological polar surface area (TPSA) is 40.5 Å². The summed E-state index contributed by atoms with van der Waals surface area (Å²) < 4.78 is 6.06. The Bertz CT molecular complexity index is 3180. The van der Waals surface area contributed by atoms with Crippen LogP contribution in [0, 0.1) is 5.92 Å². The molecule has 2 N–H and O–H groups in total.